The average molecular weight is 245 g/mol. The van der Waals surface area contributed by atoms with Crippen LogP contribution in [0.2, 0.25) is 0 Å². The Morgan fingerprint density at radius 3 is 2.67 bits per heavy atom. The normalized spacial score (nSPS) is 35.2. The minimum Gasteiger partial charge on any atom is -0.378 e. The van der Waals surface area contributed by atoms with Crippen LogP contribution in [0.3, 0.4) is 0 Å². The number of hydrogen-bond donors (Lipinski definition) is 0. The van der Waals surface area contributed by atoms with Crippen LogP contribution in [0.15, 0.2) is 0 Å². The van der Waals surface area contributed by atoms with Gasteiger partial charge in [0.1, 0.15) is 6.61 Å². The van der Waals surface area contributed by atoms with Crippen LogP contribution >= 0.6 is 15.9 Å². The molecule has 0 heterocycles. The van der Waals surface area contributed by atoms with Crippen LogP contribution in [0.25, 0.3) is 0 Å². The highest BCUT2D eigenvalue weighted by Crippen LogP contribution is 2.32. The van der Waals surface area contributed by atoms with Crippen molar-refractivity contribution in [2.45, 2.75) is 29.9 Å². The summed E-state index contributed by atoms with van der Waals surface area (Å²) in [7, 11) is 1.55. The number of hydrogen-bond acceptors (Lipinski definition) is 2. The molecule has 12 heavy (non-hydrogen) atoms. The van der Waals surface area contributed by atoms with E-state index in [2.05, 4.69) is 15.9 Å². The van der Waals surface area contributed by atoms with Gasteiger partial charge in [-0.15, -0.1) is 0 Å². The first-order valence-electron chi connectivity index (χ1n) is 3.71. The van der Waals surface area contributed by atoms with E-state index in [1.807, 2.05) is 0 Å². The predicted molar refractivity (Wildman–Crippen MR) is 43.9 cm³/mol. The third-order valence-corrected chi connectivity index (χ3v) is 2.78. The van der Waals surface area contributed by atoms with Crippen LogP contribution in [0.5, 0.6) is 0 Å². The Bertz CT molecular complexity index is 145. The van der Waals surface area contributed by atoms with E-state index >= 15 is 0 Å². The van der Waals surface area contributed by atoms with Crippen LogP contribution in [-0.4, -0.2) is 37.2 Å². The molecule has 0 aliphatic heterocycles. The summed E-state index contributed by atoms with van der Waals surface area (Å²) in [6, 6.07) is 0. The van der Waals surface area contributed by atoms with E-state index in [1.54, 1.807) is 7.11 Å². The van der Waals surface area contributed by atoms with E-state index in [-0.39, 0.29) is 17.0 Å². The van der Waals surface area contributed by atoms with Crippen molar-refractivity contribution in [3.05, 3.63) is 0 Å². The van der Waals surface area contributed by atoms with Crippen LogP contribution < -0.4 is 0 Å². The number of rotatable bonds is 4. The van der Waals surface area contributed by atoms with Crippen LogP contribution in [0.4, 0.5) is 8.78 Å². The fraction of sp³-hybridized carbons (Fsp3) is 1.00. The topological polar surface area (TPSA) is 18.5 Å². The molecule has 0 saturated heterocycles. The summed E-state index contributed by atoms with van der Waals surface area (Å²) in [5.41, 5.74) is 0. The third-order valence-electron chi connectivity index (χ3n) is 1.89. The first kappa shape index (κ1) is 10.3. The number of ether oxygens (including phenoxy) is 2. The SMILES string of the molecule is COC1C(Br)CC1OCC(F)F. The van der Waals surface area contributed by atoms with Gasteiger partial charge in [-0.25, -0.2) is 8.78 Å². The Kier molecular flexibility index (Phi) is 3.86. The molecule has 1 fully saturated rings. The third kappa shape index (κ3) is 2.37. The van der Waals surface area contributed by atoms with Crippen LogP contribution in [0.1, 0.15) is 6.42 Å². The molecule has 0 aromatic heterocycles. The zero-order valence-corrected chi connectivity index (χ0v) is 8.26. The molecular formula is C7H11BrF2O2. The van der Waals surface area contributed by atoms with Gasteiger partial charge in [0, 0.05) is 11.9 Å². The molecule has 2 nitrogen and oxygen atoms in total. The van der Waals surface area contributed by atoms with Crippen molar-refractivity contribution in [2.75, 3.05) is 13.7 Å². The molecule has 0 bridgehead atoms. The van der Waals surface area contributed by atoms with E-state index in [1.165, 1.54) is 0 Å². The summed E-state index contributed by atoms with van der Waals surface area (Å²) in [6.07, 6.45) is -1.90. The summed E-state index contributed by atoms with van der Waals surface area (Å²) in [4.78, 5) is 0.241. The Balaban J connectivity index is 2.17. The summed E-state index contributed by atoms with van der Waals surface area (Å²) < 4.78 is 33.3. The van der Waals surface area contributed by atoms with Gasteiger partial charge in [-0.1, -0.05) is 15.9 Å². The van der Waals surface area contributed by atoms with E-state index in [4.69, 9.17) is 9.47 Å². The maximum absolute atomic E-state index is 11.7. The smallest absolute Gasteiger partial charge is 0.261 e. The summed E-state index contributed by atoms with van der Waals surface area (Å²) >= 11 is 3.34. The summed E-state index contributed by atoms with van der Waals surface area (Å²) in [6.45, 7) is -0.496. The molecule has 0 radical (unpaired) electrons. The van der Waals surface area contributed by atoms with Crippen LogP contribution in [0, 0.1) is 0 Å². The Morgan fingerprint density at radius 1 is 1.58 bits per heavy atom. The lowest BCUT2D eigenvalue weighted by Crippen LogP contribution is -2.50. The van der Waals surface area contributed by atoms with Gasteiger partial charge in [-0.2, -0.15) is 0 Å². The molecule has 3 unspecified atom stereocenters. The van der Waals surface area contributed by atoms with Gasteiger partial charge in [-0.3, -0.25) is 0 Å². The number of alkyl halides is 3. The zero-order chi connectivity index (χ0) is 9.14. The lowest BCUT2D eigenvalue weighted by atomic mass is 9.91. The second kappa shape index (κ2) is 4.48. The standard InChI is InChI=1S/C7H11BrF2O2/c1-11-7-4(8)2-5(7)12-3-6(9)10/h4-7H,2-3H2,1H3. The summed E-state index contributed by atoms with van der Waals surface area (Å²) in [5, 5.41) is 0. The number of halogens is 3. The predicted octanol–water partition coefficient (Wildman–Crippen LogP) is 1.82. The van der Waals surface area contributed by atoms with E-state index < -0.39 is 13.0 Å². The first-order valence-corrected chi connectivity index (χ1v) is 4.63. The minimum absolute atomic E-state index is 0.0799. The van der Waals surface area contributed by atoms with Crippen molar-refractivity contribution in [1.29, 1.82) is 0 Å². The minimum atomic E-state index is -2.39. The molecule has 0 N–H and O–H groups in total. The Labute approximate surface area is 78.3 Å². The van der Waals surface area contributed by atoms with Crippen molar-refractivity contribution in [2.24, 2.45) is 0 Å². The molecule has 0 aromatic rings. The van der Waals surface area contributed by atoms with Gasteiger partial charge in [0.05, 0.1) is 12.2 Å². The Morgan fingerprint density at radius 2 is 2.25 bits per heavy atom. The molecule has 0 amide bonds. The molecular weight excluding hydrogens is 234 g/mol. The molecule has 1 rings (SSSR count). The molecule has 0 spiro atoms. The molecule has 3 atom stereocenters. The Hall–Kier alpha value is 0.260. The maximum atomic E-state index is 11.7. The van der Waals surface area contributed by atoms with Gasteiger partial charge in [-0.05, 0) is 6.42 Å². The van der Waals surface area contributed by atoms with E-state index in [9.17, 15) is 8.78 Å². The van der Waals surface area contributed by atoms with Crippen LogP contribution in [-0.2, 0) is 9.47 Å². The van der Waals surface area contributed by atoms with Gasteiger partial charge < -0.3 is 9.47 Å². The van der Waals surface area contributed by atoms with Gasteiger partial charge in [0.15, 0.2) is 0 Å². The quantitative estimate of drug-likeness (QED) is 0.703. The molecule has 1 saturated carbocycles. The zero-order valence-electron chi connectivity index (χ0n) is 6.67. The van der Waals surface area contributed by atoms with Gasteiger partial charge in [0.2, 0.25) is 0 Å². The highest BCUT2D eigenvalue weighted by Gasteiger charge is 2.40. The first-order chi connectivity index (χ1) is 5.65. The van der Waals surface area contributed by atoms with Crippen molar-refractivity contribution >= 4 is 15.9 Å². The highest BCUT2D eigenvalue weighted by atomic mass is 79.9. The van der Waals surface area contributed by atoms with Gasteiger partial charge in [0.25, 0.3) is 6.43 Å². The fourth-order valence-electron chi connectivity index (χ4n) is 1.19. The largest absolute Gasteiger partial charge is 0.378 e. The maximum Gasteiger partial charge on any atom is 0.261 e. The number of methoxy groups -OCH3 is 1. The average Bonchev–Trinajstić information content (AvgIpc) is 1.97. The molecule has 1 aliphatic carbocycles. The van der Waals surface area contributed by atoms with Crippen molar-refractivity contribution in [3.8, 4) is 0 Å². The van der Waals surface area contributed by atoms with E-state index in [0.29, 0.717) is 0 Å². The second-order valence-corrected chi connectivity index (χ2v) is 3.89. The second-order valence-electron chi connectivity index (χ2n) is 2.71. The molecule has 72 valence electrons. The summed E-state index contributed by atoms with van der Waals surface area (Å²) in [5.74, 6) is 0. The van der Waals surface area contributed by atoms with Crippen molar-refractivity contribution in [3.63, 3.8) is 0 Å². The van der Waals surface area contributed by atoms with Crippen molar-refractivity contribution in [1.82, 2.24) is 0 Å². The van der Waals surface area contributed by atoms with E-state index in [0.717, 1.165) is 6.42 Å². The highest BCUT2D eigenvalue weighted by molar-refractivity contribution is 9.09. The monoisotopic (exact) mass is 244 g/mol. The fourth-order valence-corrected chi connectivity index (χ4v) is 2.11. The molecule has 5 heteroatoms. The lowest BCUT2D eigenvalue weighted by Gasteiger charge is -2.39. The molecule has 0 aromatic carbocycles. The lowest BCUT2D eigenvalue weighted by molar-refractivity contribution is -0.127. The van der Waals surface area contributed by atoms with Gasteiger partial charge >= 0.3 is 0 Å². The molecule has 1 aliphatic rings. The van der Waals surface area contributed by atoms with Crippen molar-refractivity contribution < 1.29 is 18.3 Å².